The quantitative estimate of drug-likeness (QED) is 0.698. The van der Waals surface area contributed by atoms with E-state index in [1.54, 1.807) is 6.20 Å². The summed E-state index contributed by atoms with van der Waals surface area (Å²) in [4.78, 5) is 24.0. The maximum absolute atomic E-state index is 12.9. The van der Waals surface area contributed by atoms with Crippen molar-refractivity contribution < 1.29 is 4.79 Å². The van der Waals surface area contributed by atoms with Crippen LogP contribution in [0, 0.1) is 19.8 Å². The lowest BCUT2D eigenvalue weighted by Crippen LogP contribution is -2.41. The molecule has 28 heavy (non-hydrogen) atoms. The average Bonchev–Trinajstić information content (AvgIpc) is 3.23. The van der Waals surface area contributed by atoms with Crippen LogP contribution < -0.4 is 0 Å². The third-order valence-corrected chi connectivity index (χ3v) is 5.93. The molecular weight excluding hydrogens is 352 g/mol. The Labute approximate surface area is 165 Å². The lowest BCUT2D eigenvalue weighted by molar-refractivity contribution is -0.136. The second-order valence-corrected chi connectivity index (χ2v) is 7.94. The van der Waals surface area contributed by atoms with E-state index in [1.165, 1.54) is 0 Å². The number of fused-ring (bicyclic) bond motifs is 1. The molecule has 1 aliphatic heterocycles. The van der Waals surface area contributed by atoms with Crippen LogP contribution in [0.1, 0.15) is 42.9 Å². The molecule has 4 heterocycles. The zero-order valence-corrected chi connectivity index (χ0v) is 17.1. The molecule has 4 rings (SSSR count). The Morgan fingerprint density at radius 1 is 1.25 bits per heavy atom. The van der Waals surface area contributed by atoms with Crippen LogP contribution in [0.25, 0.3) is 11.0 Å². The van der Waals surface area contributed by atoms with Crippen molar-refractivity contribution in [1.29, 1.82) is 0 Å². The van der Waals surface area contributed by atoms with Gasteiger partial charge >= 0.3 is 0 Å². The number of aryl methyl sites for hydroxylation is 3. The highest BCUT2D eigenvalue weighted by molar-refractivity contribution is 5.79. The number of hydrogen-bond acceptors (Lipinski definition) is 4. The monoisotopic (exact) mass is 380 g/mol. The average molecular weight is 380 g/mol. The first kappa shape index (κ1) is 18.7. The van der Waals surface area contributed by atoms with Crippen molar-refractivity contribution in [3.63, 3.8) is 0 Å². The summed E-state index contributed by atoms with van der Waals surface area (Å²) in [6, 6.07) is 4.26. The molecule has 3 aromatic heterocycles. The van der Waals surface area contributed by atoms with Gasteiger partial charge in [-0.25, -0.2) is 9.97 Å². The fourth-order valence-electron chi connectivity index (χ4n) is 4.22. The molecule has 1 saturated heterocycles. The summed E-state index contributed by atoms with van der Waals surface area (Å²) in [6.45, 7) is 8.26. The molecule has 0 aliphatic carbocycles. The van der Waals surface area contributed by atoms with E-state index in [4.69, 9.17) is 4.98 Å². The van der Waals surface area contributed by atoms with Gasteiger partial charge in [0.25, 0.3) is 0 Å². The smallest absolute Gasteiger partial charge is 0.227 e. The molecule has 0 aromatic carbocycles. The van der Waals surface area contributed by atoms with Gasteiger partial charge in [0.1, 0.15) is 5.82 Å². The minimum Gasteiger partial charge on any atom is -0.342 e. The third-order valence-electron chi connectivity index (χ3n) is 5.93. The van der Waals surface area contributed by atoms with Gasteiger partial charge in [0.05, 0.1) is 11.6 Å². The number of hydrogen-bond donors (Lipinski definition) is 0. The number of rotatable bonds is 4. The van der Waals surface area contributed by atoms with E-state index >= 15 is 0 Å². The van der Waals surface area contributed by atoms with E-state index in [0.717, 1.165) is 54.2 Å². The molecule has 7 nitrogen and oxygen atoms in total. The standard InChI is InChI=1S/C21H28N6O/c1-14(13-27-12-9-22-16(27)3)21(28)26-10-7-17(8-11-26)19-6-5-18-15(2)24-25(4)20(18)23-19/h5-6,9,12,14,17H,7-8,10-11,13H2,1-4H3. The third kappa shape index (κ3) is 3.41. The topological polar surface area (TPSA) is 68.8 Å². The summed E-state index contributed by atoms with van der Waals surface area (Å²) in [7, 11) is 1.94. The van der Waals surface area contributed by atoms with Gasteiger partial charge in [0.15, 0.2) is 5.65 Å². The van der Waals surface area contributed by atoms with Gasteiger partial charge in [-0.3, -0.25) is 9.48 Å². The molecule has 0 bridgehead atoms. The number of carbonyl (C=O) groups excluding carboxylic acids is 1. The highest BCUT2D eigenvalue weighted by Gasteiger charge is 2.28. The molecule has 1 unspecified atom stereocenters. The zero-order chi connectivity index (χ0) is 19.8. The molecule has 1 fully saturated rings. The van der Waals surface area contributed by atoms with Crippen LogP contribution in [-0.4, -0.2) is 48.2 Å². The first-order valence-electron chi connectivity index (χ1n) is 10.0. The van der Waals surface area contributed by atoms with Crippen molar-refractivity contribution in [3.05, 3.63) is 41.7 Å². The predicted octanol–water partition coefficient (Wildman–Crippen LogP) is 2.82. The summed E-state index contributed by atoms with van der Waals surface area (Å²) in [5, 5.41) is 5.58. The fourth-order valence-corrected chi connectivity index (χ4v) is 4.22. The van der Waals surface area contributed by atoms with Crippen LogP contribution in [0.3, 0.4) is 0 Å². The molecule has 7 heteroatoms. The Balaban J connectivity index is 1.39. The zero-order valence-electron chi connectivity index (χ0n) is 17.1. The van der Waals surface area contributed by atoms with Gasteiger partial charge in [-0.15, -0.1) is 0 Å². The lowest BCUT2D eigenvalue weighted by atomic mass is 9.92. The van der Waals surface area contributed by atoms with Crippen LogP contribution in [0.2, 0.25) is 0 Å². The minimum absolute atomic E-state index is 0.0451. The Bertz CT molecular complexity index is 996. The lowest BCUT2D eigenvalue weighted by Gasteiger charge is -2.33. The van der Waals surface area contributed by atoms with Crippen LogP contribution >= 0.6 is 0 Å². The summed E-state index contributed by atoms with van der Waals surface area (Å²) < 4.78 is 3.90. The fraction of sp³-hybridized carbons (Fsp3) is 0.524. The predicted molar refractivity (Wildman–Crippen MR) is 108 cm³/mol. The summed E-state index contributed by atoms with van der Waals surface area (Å²) >= 11 is 0. The molecule has 148 valence electrons. The van der Waals surface area contributed by atoms with Crippen LogP contribution in [-0.2, 0) is 18.4 Å². The summed E-state index contributed by atoms with van der Waals surface area (Å²) in [5.41, 5.74) is 3.07. The number of piperidine rings is 1. The number of aromatic nitrogens is 5. The summed E-state index contributed by atoms with van der Waals surface area (Å²) in [6.07, 6.45) is 5.63. The number of nitrogens with zero attached hydrogens (tertiary/aromatic N) is 6. The second-order valence-electron chi connectivity index (χ2n) is 7.94. The SMILES string of the molecule is Cc1nn(C)c2nc(C3CCN(C(=O)C(C)Cn4ccnc4C)CC3)ccc12. The normalized spacial score (nSPS) is 16.6. The molecule has 1 aliphatic rings. The second kappa shape index (κ2) is 7.37. The number of likely N-dealkylation sites (tertiary alicyclic amines) is 1. The molecule has 0 saturated carbocycles. The van der Waals surface area contributed by atoms with Gasteiger partial charge in [-0.05, 0) is 38.8 Å². The molecule has 0 N–H and O–H groups in total. The van der Waals surface area contributed by atoms with Crippen LogP contribution in [0.4, 0.5) is 0 Å². The minimum atomic E-state index is -0.0451. The Morgan fingerprint density at radius 2 is 2.00 bits per heavy atom. The molecule has 3 aromatic rings. The van der Waals surface area contributed by atoms with Crippen LogP contribution in [0.5, 0.6) is 0 Å². The highest BCUT2D eigenvalue weighted by atomic mass is 16.2. The van der Waals surface area contributed by atoms with E-state index in [9.17, 15) is 4.79 Å². The number of amides is 1. The van der Waals surface area contributed by atoms with Crippen molar-refractivity contribution >= 4 is 16.9 Å². The van der Waals surface area contributed by atoms with E-state index in [1.807, 2.05) is 48.2 Å². The van der Waals surface area contributed by atoms with Gasteiger partial charge in [0, 0.05) is 56.1 Å². The van der Waals surface area contributed by atoms with Gasteiger partial charge in [-0.1, -0.05) is 6.92 Å². The first-order chi connectivity index (χ1) is 13.4. The Morgan fingerprint density at radius 3 is 2.68 bits per heavy atom. The number of imidazole rings is 1. The van der Waals surface area contributed by atoms with E-state index in [-0.39, 0.29) is 11.8 Å². The first-order valence-corrected chi connectivity index (χ1v) is 10.0. The molecule has 0 spiro atoms. The maximum atomic E-state index is 12.9. The van der Waals surface area contributed by atoms with E-state index in [0.29, 0.717) is 12.5 Å². The van der Waals surface area contributed by atoms with Gasteiger partial charge < -0.3 is 9.47 Å². The van der Waals surface area contributed by atoms with Crippen molar-refractivity contribution in [1.82, 2.24) is 29.2 Å². The van der Waals surface area contributed by atoms with Crippen molar-refractivity contribution in [2.45, 2.75) is 46.1 Å². The van der Waals surface area contributed by atoms with Gasteiger partial charge in [0.2, 0.25) is 5.91 Å². The van der Waals surface area contributed by atoms with Crippen molar-refractivity contribution in [2.75, 3.05) is 13.1 Å². The molecule has 1 amide bonds. The van der Waals surface area contributed by atoms with Crippen molar-refractivity contribution in [3.8, 4) is 0 Å². The molecular formula is C21H28N6O. The van der Waals surface area contributed by atoms with Crippen molar-refractivity contribution in [2.24, 2.45) is 13.0 Å². The highest BCUT2D eigenvalue weighted by Crippen LogP contribution is 2.29. The van der Waals surface area contributed by atoms with Crippen LogP contribution in [0.15, 0.2) is 24.5 Å². The Kier molecular flexibility index (Phi) is 4.91. The Hall–Kier alpha value is -2.70. The largest absolute Gasteiger partial charge is 0.342 e. The molecule has 1 atom stereocenters. The van der Waals surface area contributed by atoms with E-state index in [2.05, 4.69) is 22.2 Å². The van der Waals surface area contributed by atoms with Gasteiger partial charge in [-0.2, -0.15) is 5.10 Å². The summed E-state index contributed by atoms with van der Waals surface area (Å²) in [5.74, 6) is 1.54. The maximum Gasteiger partial charge on any atom is 0.227 e. The molecule has 0 radical (unpaired) electrons. The van der Waals surface area contributed by atoms with E-state index < -0.39 is 0 Å². The number of carbonyl (C=O) groups is 1. The number of pyridine rings is 1.